The quantitative estimate of drug-likeness (QED) is 0.724. The van der Waals surface area contributed by atoms with Gasteiger partial charge >= 0.3 is 11.9 Å². The average molecular weight is 385 g/mol. The van der Waals surface area contributed by atoms with Gasteiger partial charge in [0.05, 0.1) is 11.2 Å². The van der Waals surface area contributed by atoms with Gasteiger partial charge in [-0.05, 0) is 69.6 Å². The zero-order valence-corrected chi connectivity index (χ0v) is 17.6. The lowest BCUT2D eigenvalue weighted by Gasteiger charge is -2.52. The predicted octanol–water partition coefficient (Wildman–Crippen LogP) is 2.98. The normalized spacial score (nSPS) is 40.3. The molecule has 0 aromatic carbocycles. The first kappa shape index (κ1) is 22.2. The molecule has 0 aliphatic heterocycles. The van der Waals surface area contributed by atoms with Crippen LogP contribution in [-0.4, -0.2) is 45.6 Å². The topological polar surface area (TPSA) is 93.1 Å². The number of carbonyl (C=O) groups excluding carboxylic acids is 2. The Bertz CT molecular complexity index is 517. The van der Waals surface area contributed by atoms with Crippen LogP contribution in [-0.2, 0) is 19.1 Å². The minimum absolute atomic E-state index is 0.101. The Kier molecular flexibility index (Phi) is 6.32. The van der Waals surface area contributed by atoms with Crippen LogP contribution < -0.4 is 0 Å². The Morgan fingerprint density at radius 2 is 1.15 bits per heavy atom. The van der Waals surface area contributed by atoms with Gasteiger partial charge in [-0.2, -0.15) is 0 Å². The third-order valence-corrected chi connectivity index (χ3v) is 6.98. The highest BCUT2D eigenvalue weighted by atomic mass is 16.6. The van der Waals surface area contributed by atoms with Crippen molar-refractivity contribution >= 4 is 11.9 Å². The molecule has 0 spiro atoms. The maximum absolute atomic E-state index is 11.3. The van der Waals surface area contributed by atoms with E-state index in [9.17, 15) is 19.8 Å². The summed E-state index contributed by atoms with van der Waals surface area (Å²) in [6, 6.07) is 0. The van der Waals surface area contributed by atoms with E-state index in [2.05, 4.69) is 13.8 Å². The van der Waals surface area contributed by atoms with Gasteiger partial charge in [0.25, 0.3) is 0 Å². The third-order valence-electron chi connectivity index (χ3n) is 6.98. The molecule has 0 bridgehead atoms. The van der Waals surface area contributed by atoms with Crippen molar-refractivity contribution in [2.75, 3.05) is 0 Å². The Morgan fingerprint density at radius 1 is 0.815 bits per heavy atom. The Hall–Kier alpha value is -1.14. The molecule has 2 rings (SSSR count). The van der Waals surface area contributed by atoms with E-state index >= 15 is 0 Å². The highest BCUT2D eigenvalue weighted by molar-refractivity contribution is 5.66. The van der Waals surface area contributed by atoms with Crippen LogP contribution in [0.15, 0.2) is 0 Å². The number of rotatable bonds is 4. The molecule has 156 valence electrons. The summed E-state index contributed by atoms with van der Waals surface area (Å²) in [5, 5.41) is 21.7. The van der Waals surface area contributed by atoms with Crippen molar-refractivity contribution in [1.29, 1.82) is 0 Å². The van der Waals surface area contributed by atoms with E-state index in [1.165, 1.54) is 13.8 Å². The Morgan fingerprint density at radius 3 is 1.41 bits per heavy atom. The van der Waals surface area contributed by atoms with E-state index in [0.29, 0.717) is 25.7 Å². The van der Waals surface area contributed by atoms with Crippen molar-refractivity contribution in [3.63, 3.8) is 0 Å². The number of hydrogen-bond donors (Lipinski definition) is 2. The van der Waals surface area contributed by atoms with E-state index < -0.39 is 23.4 Å². The van der Waals surface area contributed by atoms with Gasteiger partial charge in [-0.3, -0.25) is 9.59 Å². The molecule has 2 aliphatic rings. The van der Waals surface area contributed by atoms with Crippen LogP contribution in [0.3, 0.4) is 0 Å². The number of ether oxygens (including phenoxy) is 2. The highest BCUT2D eigenvalue weighted by Gasteiger charge is 2.51. The summed E-state index contributed by atoms with van der Waals surface area (Å²) in [5.41, 5.74) is -2.21. The predicted molar refractivity (Wildman–Crippen MR) is 101 cm³/mol. The van der Waals surface area contributed by atoms with Crippen molar-refractivity contribution in [1.82, 2.24) is 0 Å². The van der Waals surface area contributed by atoms with E-state index in [0.717, 1.165) is 12.8 Å². The maximum atomic E-state index is 11.3. The van der Waals surface area contributed by atoms with Crippen molar-refractivity contribution in [3.8, 4) is 0 Å². The molecular weight excluding hydrogens is 348 g/mol. The molecule has 0 amide bonds. The van der Waals surface area contributed by atoms with Gasteiger partial charge in [-0.25, -0.2) is 0 Å². The van der Waals surface area contributed by atoms with Crippen LogP contribution in [0.25, 0.3) is 0 Å². The molecule has 0 saturated heterocycles. The van der Waals surface area contributed by atoms with Gasteiger partial charge < -0.3 is 19.7 Å². The zero-order valence-electron chi connectivity index (χ0n) is 17.6. The van der Waals surface area contributed by atoms with Crippen LogP contribution in [0.5, 0.6) is 0 Å². The average Bonchev–Trinajstić information content (AvgIpc) is 2.49. The number of esters is 2. The summed E-state index contributed by atoms with van der Waals surface area (Å²) in [7, 11) is 0. The molecule has 6 atom stereocenters. The lowest BCUT2D eigenvalue weighted by Crippen LogP contribution is -2.53. The van der Waals surface area contributed by atoms with Crippen molar-refractivity contribution in [2.45, 2.75) is 103 Å². The van der Waals surface area contributed by atoms with Crippen LogP contribution in [0.2, 0.25) is 0 Å². The van der Waals surface area contributed by atoms with E-state index in [-0.39, 0.29) is 29.2 Å². The monoisotopic (exact) mass is 384 g/mol. The van der Waals surface area contributed by atoms with Crippen LogP contribution in [0, 0.1) is 17.3 Å². The van der Waals surface area contributed by atoms with Crippen molar-refractivity contribution < 1.29 is 29.3 Å². The molecule has 0 heterocycles. The molecule has 2 saturated carbocycles. The molecule has 2 aliphatic carbocycles. The van der Waals surface area contributed by atoms with Gasteiger partial charge in [-0.15, -0.1) is 0 Å². The van der Waals surface area contributed by atoms with Crippen LogP contribution in [0.1, 0.15) is 80.1 Å². The molecule has 6 nitrogen and oxygen atoms in total. The van der Waals surface area contributed by atoms with E-state index in [4.69, 9.17) is 9.47 Å². The van der Waals surface area contributed by atoms with Crippen molar-refractivity contribution in [2.24, 2.45) is 17.3 Å². The van der Waals surface area contributed by atoms with Gasteiger partial charge in [-0.1, -0.05) is 13.8 Å². The minimum atomic E-state index is -1.05. The summed E-state index contributed by atoms with van der Waals surface area (Å²) in [6.45, 7) is 10.6. The first-order valence-electron chi connectivity index (χ1n) is 10.0. The van der Waals surface area contributed by atoms with Crippen molar-refractivity contribution in [3.05, 3.63) is 0 Å². The van der Waals surface area contributed by atoms with Crippen LogP contribution in [0.4, 0.5) is 0 Å². The molecule has 6 unspecified atom stereocenters. The van der Waals surface area contributed by atoms with Gasteiger partial charge in [0.15, 0.2) is 0 Å². The Labute approximate surface area is 162 Å². The second-order valence-electron chi connectivity index (χ2n) is 9.69. The molecule has 27 heavy (non-hydrogen) atoms. The number of carbonyl (C=O) groups is 2. The fourth-order valence-corrected chi connectivity index (χ4v) is 5.17. The minimum Gasteiger partial charge on any atom is -0.460 e. The first-order chi connectivity index (χ1) is 12.3. The molecule has 0 radical (unpaired) electrons. The zero-order chi connectivity index (χ0) is 20.6. The number of aliphatic hydroxyl groups is 2. The lowest BCUT2D eigenvalue weighted by atomic mass is 9.57. The fourth-order valence-electron chi connectivity index (χ4n) is 5.17. The van der Waals surface area contributed by atoms with Gasteiger partial charge in [0, 0.05) is 13.8 Å². The standard InChI is InChI=1S/C21H36O6/c1-13(22)26-17-9-7-15(11-20(17,5)24)19(3,4)16-8-10-18(27-14(2)23)21(6,25)12-16/h15-18,24-25H,7-12H2,1-6H3. The molecule has 2 fully saturated rings. The third kappa shape index (κ3) is 5.02. The van der Waals surface area contributed by atoms with E-state index in [1.807, 2.05) is 0 Å². The second kappa shape index (κ2) is 7.70. The lowest BCUT2D eigenvalue weighted by molar-refractivity contribution is -0.182. The molecule has 0 aromatic rings. The Balaban J connectivity index is 2.08. The molecule has 2 N–H and O–H groups in total. The summed E-state index contributed by atoms with van der Waals surface area (Å²) in [5.74, 6) is -0.216. The molecule has 0 aromatic heterocycles. The van der Waals surface area contributed by atoms with E-state index in [1.54, 1.807) is 13.8 Å². The summed E-state index contributed by atoms with van der Waals surface area (Å²) < 4.78 is 10.6. The smallest absolute Gasteiger partial charge is 0.303 e. The molecule has 6 heteroatoms. The first-order valence-corrected chi connectivity index (χ1v) is 10.0. The fraction of sp³-hybridized carbons (Fsp3) is 0.905. The SMILES string of the molecule is CC(=O)OC1CCC(C(C)(C)C2CCC(OC(C)=O)C(C)(O)C2)CC1(C)O. The highest BCUT2D eigenvalue weighted by Crippen LogP contribution is 2.52. The van der Waals surface area contributed by atoms with Crippen LogP contribution >= 0.6 is 0 Å². The van der Waals surface area contributed by atoms with Gasteiger partial charge in [0.1, 0.15) is 12.2 Å². The summed E-state index contributed by atoms with van der Waals surface area (Å²) in [4.78, 5) is 22.6. The second-order valence-corrected chi connectivity index (χ2v) is 9.69. The van der Waals surface area contributed by atoms with Gasteiger partial charge in [0.2, 0.25) is 0 Å². The summed E-state index contributed by atoms with van der Waals surface area (Å²) >= 11 is 0. The number of hydrogen-bond acceptors (Lipinski definition) is 6. The molecular formula is C21H36O6. The summed E-state index contributed by atoms with van der Waals surface area (Å²) in [6.07, 6.45) is 3.20. The largest absolute Gasteiger partial charge is 0.460 e. The maximum Gasteiger partial charge on any atom is 0.303 e.